The zero-order valence-corrected chi connectivity index (χ0v) is 18.1. The first-order chi connectivity index (χ1) is 13.9. The molecular weight excluding hydrogens is 382 g/mol. The van der Waals surface area contributed by atoms with E-state index in [1.54, 1.807) is 10.9 Å². The van der Waals surface area contributed by atoms with Crippen LogP contribution in [0.25, 0.3) is 22.0 Å². The zero-order valence-electron chi connectivity index (χ0n) is 17.4. The van der Waals surface area contributed by atoms with E-state index in [1.807, 2.05) is 43.3 Å². The highest BCUT2D eigenvalue weighted by molar-refractivity contribution is 6.31. The van der Waals surface area contributed by atoms with Gasteiger partial charge in [-0.1, -0.05) is 29.8 Å². The van der Waals surface area contributed by atoms with Gasteiger partial charge in [-0.25, -0.2) is 4.98 Å². The Morgan fingerprint density at radius 3 is 2.69 bits per heavy atom. The van der Waals surface area contributed by atoms with Crippen LogP contribution in [0.4, 0.5) is 0 Å². The van der Waals surface area contributed by atoms with Gasteiger partial charge in [-0.3, -0.25) is 9.36 Å². The Morgan fingerprint density at radius 1 is 1.17 bits per heavy atom. The summed E-state index contributed by atoms with van der Waals surface area (Å²) in [4.78, 5) is 20.3. The van der Waals surface area contributed by atoms with E-state index in [0.717, 1.165) is 53.3 Å². The number of aryl methyl sites for hydroxylation is 1. The minimum Gasteiger partial charge on any atom is -0.301 e. The molecule has 2 heterocycles. The van der Waals surface area contributed by atoms with Crippen LogP contribution in [0, 0.1) is 12.8 Å². The molecule has 1 fully saturated rings. The van der Waals surface area contributed by atoms with Crippen molar-refractivity contribution in [1.82, 2.24) is 14.5 Å². The Kier molecular flexibility index (Phi) is 5.75. The summed E-state index contributed by atoms with van der Waals surface area (Å²) in [5.74, 6) is 0.488. The summed E-state index contributed by atoms with van der Waals surface area (Å²) >= 11 is 6.30. The van der Waals surface area contributed by atoms with Gasteiger partial charge in [-0.05, 0) is 81.0 Å². The summed E-state index contributed by atoms with van der Waals surface area (Å²) in [6.45, 7) is 9.40. The van der Waals surface area contributed by atoms with Crippen LogP contribution in [0.5, 0.6) is 0 Å². The maximum absolute atomic E-state index is 13.2. The van der Waals surface area contributed by atoms with Crippen LogP contribution in [0.2, 0.25) is 5.02 Å². The van der Waals surface area contributed by atoms with Gasteiger partial charge in [0, 0.05) is 24.2 Å². The Morgan fingerprint density at radius 2 is 1.93 bits per heavy atom. The van der Waals surface area contributed by atoms with E-state index in [1.165, 1.54) is 6.42 Å². The quantitative estimate of drug-likeness (QED) is 0.598. The van der Waals surface area contributed by atoms with Crippen molar-refractivity contribution in [1.29, 1.82) is 0 Å². The van der Waals surface area contributed by atoms with E-state index >= 15 is 0 Å². The Hall–Kier alpha value is -2.17. The highest BCUT2D eigenvalue weighted by atomic mass is 35.5. The van der Waals surface area contributed by atoms with E-state index in [0.29, 0.717) is 17.3 Å². The Balaban J connectivity index is 1.65. The summed E-state index contributed by atoms with van der Waals surface area (Å²) in [5.41, 5.74) is 3.82. The van der Waals surface area contributed by atoms with Gasteiger partial charge in [0.25, 0.3) is 5.56 Å². The van der Waals surface area contributed by atoms with Crippen LogP contribution < -0.4 is 5.56 Å². The van der Waals surface area contributed by atoms with Crippen molar-refractivity contribution in [2.24, 2.45) is 5.92 Å². The smallest absolute Gasteiger partial charge is 0.261 e. The van der Waals surface area contributed by atoms with Crippen molar-refractivity contribution in [2.45, 2.75) is 46.2 Å². The first-order valence-electron chi connectivity index (χ1n) is 10.4. The summed E-state index contributed by atoms with van der Waals surface area (Å²) in [6, 6.07) is 12.4. The summed E-state index contributed by atoms with van der Waals surface area (Å²) < 4.78 is 1.79. The minimum atomic E-state index is 0.0386. The third-order valence-electron chi connectivity index (χ3n) is 6.06. The van der Waals surface area contributed by atoms with Gasteiger partial charge in [0.05, 0.1) is 17.2 Å². The number of likely N-dealkylation sites (tertiary alicyclic amines) is 1. The predicted octanol–water partition coefficient (Wildman–Crippen LogP) is 5.15. The lowest BCUT2D eigenvalue weighted by atomic mass is 9.97. The number of hydrogen-bond donors (Lipinski definition) is 0. The molecule has 0 saturated carbocycles. The van der Waals surface area contributed by atoms with E-state index in [-0.39, 0.29) is 5.56 Å². The molecule has 4 rings (SSSR count). The number of fused-ring (bicyclic) bond motifs is 1. The van der Waals surface area contributed by atoms with Crippen LogP contribution in [0.3, 0.4) is 0 Å². The summed E-state index contributed by atoms with van der Waals surface area (Å²) in [7, 11) is 0. The lowest BCUT2D eigenvalue weighted by molar-refractivity contribution is 0.130. The number of piperidine rings is 1. The normalized spacial score (nSPS) is 17.9. The number of hydrogen-bond acceptors (Lipinski definition) is 3. The molecule has 1 saturated heterocycles. The molecule has 1 aliphatic heterocycles. The SMILES string of the molecule is Cc1ccc(-c2ccc3ncn(C[C@H]4CCCN(C(C)C)C4)c(=O)c3c2)cc1Cl. The zero-order chi connectivity index (χ0) is 20.5. The lowest BCUT2D eigenvalue weighted by Gasteiger charge is -2.35. The second kappa shape index (κ2) is 8.29. The van der Waals surface area contributed by atoms with Crippen molar-refractivity contribution in [3.63, 3.8) is 0 Å². The summed E-state index contributed by atoms with van der Waals surface area (Å²) in [5, 5.41) is 1.40. The van der Waals surface area contributed by atoms with Crippen molar-refractivity contribution in [2.75, 3.05) is 13.1 Å². The number of benzene rings is 2. The predicted molar refractivity (Wildman–Crippen MR) is 121 cm³/mol. The van der Waals surface area contributed by atoms with Crippen molar-refractivity contribution < 1.29 is 0 Å². The molecule has 29 heavy (non-hydrogen) atoms. The maximum atomic E-state index is 13.2. The maximum Gasteiger partial charge on any atom is 0.261 e. The molecule has 152 valence electrons. The number of aromatic nitrogens is 2. The van der Waals surface area contributed by atoms with Crippen LogP contribution >= 0.6 is 11.6 Å². The van der Waals surface area contributed by atoms with E-state index in [4.69, 9.17) is 11.6 Å². The first-order valence-corrected chi connectivity index (χ1v) is 10.8. The van der Waals surface area contributed by atoms with E-state index in [9.17, 15) is 4.79 Å². The average Bonchev–Trinajstić information content (AvgIpc) is 2.72. The molecule has 2 aromatic carbocycles. The topological polar surface area (TPSA) is 38.1 Å². The van der Waals surface area contributed by atoms with Gasteiger partial charge in [0.1, 0.15) is 0 Å². The Labute approximate surface area is 177 Å². The molecule has 0 radical (unpaired) electrons. The van der Waals surface area contributed by atoms with Crippen LogP contribution in [0.15, 0.2) is 47.5 Å². The number of rotatable bonds is 4. The monoisotopic (exact) mass is 409 g/mol. The van der Waals surface area contributed by atoms with Crippen LogP contribution in [-0.2, 0) is 6.54 Å². The fraction of sp³-hybridized carbons (Fsp3) is 0.417. The minimum absolute atomic E-state index is 0.0386. The first kappa shape index (κ1) is 20.1. The second-order valence-corrected chi connectivity index (χ2v) is 8.90. The molecule has 0 unspecified atom stereocenters. The third-order valence-corrected chi connectivity index (χ3v) is 6.47. The van der Waals surface area contributed by atoms with E-state index in [2.05, 4.69) is 23.7 Å². The van der Waals surface area contributed by atoms with Gasteiger partial charge in [-0.2, -0.15) is 0 Å². The molecule has 1 aliphatic rings. The standard InChI is InChI=1S/C24H28ClN3O/c1-16(2)27-10-4-5-18(13-27)14-28-15-26-23-9-8-19(11-21(23)24(28)29)20-7-6-17(3)22(25)12-20/h6-9,11-12,15-16,18H,4-5,10,13-14H2,1-3H3/t18-/m0/s1. The fourth-order valence-electron chi connectivity index (χ4n) is 4.23. The molecule has 0 aliphatic carbocycles. The molecule has 5 heteroatoms. The van der Waals surface area contributed by atoms with Crippen molar-refractivity contribution in [3.05, 3.63) is 63.7 Å². The molecule has 0 spiro atoms. The number of halogens is 1. The van der Waals surface area contributed by atoms with Gasteiger partial charge in [-0.15, -0.1) is 0 Å². The van der Waals surface area contributed by atoms with Crippen molar-refractivity contribution in [3.8, 4) is 11.1 Å². The van der Waals surface area contributed by atoms with Gasteiger partial charge in [0.15, 0.2) is 0 Å². The molecule has 0 bridgehead atoms. The van der Waals surface area contributed by atoms with Gasteiger partial charge >= 0.3 is 0 Å². The van der Waals surface area contributed by atoms with Gasteiger partial charge < -0.3 is 4.90 Å². The highest BCUT2D eigenvalue weighted by Gasteiger charge is 2.22. The van der Waals surface area contributed by atoms with Crippen molar-refractivity contribution >= 4 is 22.5 Å². The van der Waals surface area contributed by atoms with Gasteiger partial charge in [0.2, 0.25) is 0 Å². The molecule has 4 nitrogen and oxygen atoms in total. The summed E-state index contributed by atoms with van der Waals surface area (Å²) in [6.07, 6.45) is 4.06. The molecule has 1 aromatic heterocycles. The van der Waals surface area contributed by atoms with Crippen LogP contribution in [-0.4, -0.2) is 33.6 Å². The molecular formula is C24H28ClN3O. The number of nitrogens with zero attached hydrogens (tertiary/aromatic N) is 3. The highest BCUT2D eigenvalue weighted by Crippen LogP contribution is 2.27. The average molecular weight is 410 g/mol. The third kappa shape index (κ3) is 4.24. The molecule has 3 aromatic rings. The lowest BCUT2D eigenvalue weighted by Crippen LogP contribution is -2.42. The molecule has 0 N–H and O–H groups in total. The van der Waals surface area contributed by atoms with Crippen LogP contribution in [0.1, 0.15) is 32.3 Å². The molecule has 1 atom stereocenters. The molecule has 0 amide bonds. The Bertz CT molecular complexity index is 1090. The van der Waals surface area contributed by atoms with E-state index < -0.39 is 0 Å². The largest absolute Gasteiger partial charge is 0.301 e. The fourth-order valence-corrected chi connectivity index (χ4v) is 4.42. The second-order valence-electron chi connectivity index (χ2n) is 8.49.